The van der Waals surface area contributed by atoms with Gasteiger partial charge in [-0.1, -0.05) is 77.8 Å². The second-order valence-corrected chi connectivity index (χ2v) is 12.2. The van der Waals surface area contributed by atoms with Crippen molar-refractivity contribution in [1.82, 2.24) is 0 Å². The molecule has 3 rings (SSSR count). The van der Waals surface area contributed by atoms with Gasteiger partial charge in [0, 0.05) is 6.42 Å². The Morgan fingerprint density at radius 2 is 1.41 bits per heavy atom. The molecule has 0 aliphatic heterocycles. The summed E-state index contributed by atoms with van der Waals surface area (Å²) in [6, 6.07) is 8.81. The van der Waals surface area contributed by atoms with Gasteiger partial charge in [-0.15, -0.1) is 0 Å². The molecule has 0 radical (unpaired) electrons. The van der Waals surface area contributed by atoms with Gasteiger partial charge in [-0.25, -0.2) is 0 Å². The maximum atomic E-state index is 6.61. The van der Waals surface area contributed by atoms with Crippen LogP contribution in [0.4, 0.5) is 0 Å². The van der Waals surface area contributed by atoms with Gasteiger partial charge < -0.3 is 9.47 Å². The minimum atomic E-state index is -0.212. The van der Waals surface area contributed by atoms with Crippen molar-refractivity contribution in [3.8, 4) is 5.75 Å². The van der Waals surface area contributed by atoms with Crippen molar-refractivity contribution in [2.24, 2.45) is 17.3 Å². The fraction of sp³-hybridized carbons (Fsp3) is 0.800. The van der Waals surface area contributed by atoms with Gasteiger partial charge in [0.15, 0.2) is 0 Å². The van der Waals surface area contributed by atoms with Gasteiger partial charge >= 0.3 is 0 Å². The molecule has 2 aliphatic carbocycles. The summed E-state index contributed by atoms with van der Waals surface area (Å²) in [6.45, 7) is 13.4. The molecule has 2 nitrogen and oxygen atoms in total. The summed E-state index contributed by atoms with van der Waals surface area (Å²) in [6.07, 6.45) is 16.2. The first-order valence-electron chi connectivity index (χ1n) is 13.6. The van der Waals surface area contributed by atoms with Gasteiger partial charge in [-0.3, -0.25) is 0 Å². The van der Waals surface area contributed by atoms with E-state index in [1.807, 2.05) is 0 Å². The van der Waals surface area contributed by atoms with Crippen molar-refractivity contribution in [2.75, 3.05) is 0 Å². The first kappa shape index (κ1) is 25.6. The fourth-order valence-electron chi connectivity index (χ4n) is 6.15. The Morgan fingerprint density at radius 1 is 0.844 bits per heavy atom. The minimum absolute atomic E-state index is 0.176. The van der Waals surface area contributed by atoms with Crippen LogP contribution in [0.5, 0.6) is 5.75 Å². The standard InChI is InChI=1S/C30H50O2/c1-23(2)24(3)25-16-18-27(19-17-25)31-28(32-29(4,5)6)22-30(20-12-9-13-21-30)26-14-10-7-8-11-15-26/h16-19,23-24,26,28H,7-15,20-22H2,1-6H3. The molecule has 0 aromatic heterocycles. The lowest BCUT2D eigenvalue weighted by Crippen LogP contribution is -2.41. The lowest BCUT2D eigenvalue weighted by Gasteiger charge is -2.46. The van der Waals surface area contributed by atoms with Crippen LogP contribution in [0.25, 0.3) is 0 Å². The number of hydrogen-bond acceptors (Lipinski definition) is 2. The van der Waals surface area contributed by atoms with Crippen LogP contribution in [-0.2, 0) is 4.74 Å². The van der Waals surface area contributed by atoms with E-state index in [4.69, 9.17) is 9.47 Å². The van der Waals surface area contributed by atoms with Gasteiger partial charge in [0.2, 0.25) is 6.29 Å². The quantitative estimate of drug-likeness (QED) is 0.295. The molecule has 0 saturated heterocycles. The highest BCUT2D eigenvalue weighted by molar-refractivity contribution is 5.29. The molecule has 2 heteroatoms. The zero-order chi connectivity index (χ0) is 23.2. The van der Waals surface area contributed by atoms with Crippen LogP contribution < -0.4 is 4.74 Å². The van der Waals surface area contributed by atoms with E-state index in [0.717, 1.165) is 18.1 Å². The lowest BCUT2D eigenvalue weighted by atomic mass is 9.61. The maximum absolute atomic E-state index is 6.61. The molecular weight excluding hydrogens is 392 g/mol. The summed E-state index contributed by atoms with van der Waals surface area (Å²) >= 11 is 0. The Balaban J connectivity index is 1.79. The predicted octanol–water partition coefficient (Wildman–Crippen LogP) is 9.28. The van der Waals surface area contributed by atoms with Gasteiger partial charge in [-0.05, 0) is 87.3 Å². The zero-order valence-electron chi connectivity index (χ0n) is 21.9. The second-order valence-electron chi connectivity index (χ2n) is 12.2. The van der Waals surface area contributed by atoms with Crippen molar-refractivity contribution in [2.45, 2.75) is 136 Å². The predicted molar refractivity (Wildman–Crippen MR) is 136 cm³/mol. The van der Waals surface area contributed by atoms with Crippen LogP contribution in [-0.4, -0.2) is 11.9 Å². The van der Waals surface area contributed by atoms with E-state index in [-0.39, 0.29) is 11.9 Å². The molecule has 0 amide bonds. The Morgan fingerprint density at radius 3 is 1.94 bits per heavy atom. The summed E-state index contributed by atoms with van der Waals surface area (Å²) in [4.78, 5) is 0. The van der Waals surface area contributed by atoms with Crippen molar-refractivity contribution in [1.29, 1.82) is 0 Å². The van der Waals surface area contributed by atoms with Gasteiger partial charge in [0.25, 0.3) is 0 Å². The van der Waals surface area contributed by atoms with Crippen LogP contribution in [0, 0.1) is 17.3 Å². The topological polar surface area (TPSA) is 18.5 Å². The number of benzene rings is 1. The number of hydrogen-bond donors (Lipinski definition) is 0. The van der Waals surface area contributed by atoms with E-state index in [1.54, 1.807) is 0 Å². The third-order valence-electron chi connectivity index (χ3n) is 8.30. The molecule has 32 heavy (non-hydrogen) atoms. The number of rotatable bonds is 8. The van der Waals surface area contributed by atoms with Crippen LogP contribution in [0.15, 0.2) is 24.3 Å². The summed E-state index contributed by atoms with van der Waals surface area (Å²) in [5, 5.41) is 0. The molecule has 0 spiro atoms. The lowest BCUT2D eigenvalue weighted by molar-refractivity contribution is -0.176. The molecule has 2 atom stereocenters. The average molecular weight is 443 g/mol. The van der Waals surface area contributed by atoms with Crippen LogP contribution >= 0.6 is 0 Å². The summed E-state index contributed by atoms with van der Waals surface area (Å²) in [7, 11) is 0. The van der Waals surface area contributed by atoms with Crippen LogP contribution in [0.1, 0.15) is 130 Å². The Hall–Kier alpha value is -1.02. The normalized spacial score (nSPS) is 22.3. The SMILES string of the molecule is CC(C)C(C)c1ccc(OC(CC2(C3CCCCCC3)CCCCC2)OC(C)(C)C)cc1. The van der Waals surface area contributed by atoms with Crippen molar-refractivity contribution in [3.05, 3.63) is 29.8 Å². The first-order valence-corrected chi connectivity index (χ1v) is 13.6. The molecule has 2 fully saturated rings. The van der Waals surface area contributed by atoms with E-state index >= 15 is 0 Å². The molecule has 2 saturated carbocycles. The maximum Gasteiger partial charge on any atom is 0.200 e. The van der Waals surface area contributed by atoms with Gasteiger partial charge in [0.1, 0.15) is 5.75 Å². The molecule has 0 heterocycles. The molecule has 2 aliphatic rings. The van der Waals surface area contributed by atoms with Crippen molar-refractivity contribution < 1.29 is 9.47 Å². The average Bonchev–Trinajstić information content (AvgIpc) is 3.03. The summed E-state index contributed by atoms with van der Waals surface area (Å²) in [5.41, 5.74) is 1.57. The van der Waals surface area contributed by atoms with Crippen LogP contribution in [0.2, 0.25) is 0 Å². The monoisotopic (exact) mass is 442 g/mol. The van der Waals surface area contributed by atoms with Crippen molar-refractivity contribution in [3.63, 3.8) is 0 Å². The van der Waals surface area contributed by atoms with E-state index in [9.17, 15) is 0 Å². The van der Waals surface area contributed by atoms with E-state index in [1.165, 1.54) is 76.2 Å². The number of ether oxygens (including phenoxy) is 2. The second kappa shape index (κ2) is 11.4. The Kier molecular flexibility index (Phi) is 9.13. The third kappa shape index (κ3) is 7.24. The molecule has 0 N–H and O–H groups in total. The Bertz CT molecular complexity index is 655. The smallest absolute Gasteiger partial charge is 0.200 e. The summed E-state index contributed by atoms with van der Waals surface area (Å²) < 4.78 is 13.2. The van der Waals surface area contributed by atoms with E-state index in [2.05, 4.69) is 65.8 Å². The molecule has 1 aromatic rings. The van der Waals surface area contributed by atoms with E-state index in [0.29, 0.717) is 17.3 Å². The highest BCUT2D eigenvalue weighted by atomic mass is 16.7. The largest absolute Gasteiger partial charge is 0.465 e. The minimum Gasteiger partial charge on any atom is -0.465 e. The molecule has 2 unspecified atom stereocenters. The Labute approximate surface area is 198 Å². The fourth-order valence-corrected chi connectivity index (χ4v) is 6.15. The highest BCUT2D eigenvalue weighted by Crippen LogP contribution is 2.51. The van der Waals surface area contributed by atoms with Crippen molar-refractivity contribution >= 4 is 0 Å². The first-order chi connectivity index (χ1) is 15.2. The summed E-state index contributed by atoms with van der Waals surface area (Å²) in [5.74, 6) is 3.00. The zero-order valence-corrected chi connectivity index (χ0v) is 21.9. The molecule has 0 bridgehead atoms. The van der Waals surface area contributed by atoms with Crippen LogP contribution in [0.3, 0.4) is 0 Å². The van der Waals surface area contributed by atoms with E-state index < -0.39 is 0 Å². The van der Waals surface area contributed by atoms with Gasteiger partial charge in [0.05, 0.1) is 5.60 Å². The molecule has 182 valence electrons. The molecule has 1 aromatic carbocycles. The third-order valence-corrected chi connectivity index (χ3v) is 8.30. The van der Waals surface area contributed by atoms with Gasteiger partial charge in [-0.2, -0.15) is 0 Å². The molecular formula is C30H50O2. The highest BCUT2D eigenvalue weighted by Gasteiger charge is 2.42.